The Morgan fingerprint density at radius 2 is 2.56 bits per heavy atom. The minimum atomic E-state index is -0.380. The van der Waals surface area contributed by atoms with E-state index in [2.05, 4.69) is 11.2 Å². The largest absolute Gasteiger partial charge is 0.251 e. The number of hydrogen-bond acceptors (Lipinski definition) is 1. The minimum Gasteiger partial charge on any atom is -0.251 e. The average Bonchev–Trinajstić information content (AvgIpc) is 1.88. The zero-order valence-corrected chi connectivity index (χ0v) is 5.19. The molecule has 9 heavy (non-hydrogen) atoms. The first-order valence-electron chi connectivity index (χ1n) is 2.85. The van der Waals surface area contributed by atoms with Gasteiger partial charge in [0, 0.05) is 6.20 Å². The van der Waals surface area contributed by atoms with Gasteiger partial charge in [0.2, 0.25) is 0 Å². The fraction of sp³-hybridized carbons (Fsp3) is 0.286. The second kappa shape index (κ2) is 2.58. The Labute approximate surface area is 53.5 Å². The van der Waals surface area contributed by atoms with Gasteiger partial charge in [0.1, 0.15) is 6.20 Å². The van der Waals surface area contributed by atoms with Crippen molar-refractivity contribution in [1.29, 1.82) is 0 Å². The number of aromatic nitrogens is 1. The standard InChI is InChI=1S/C7H7FN/c1-2-6-3-7(8)5-9-4-6/h3-4H,2H2,1H3. The topological polar surface area (TPSA) is 12.9 Å². The van der Waals surface area contributed by atoms with E-state index >= 15 is 0 Å². The van der Waals surface area contributed by atoms with Crippen LogP contribution in [0, 0.1) is 12.0 Å². The molecule has 1 heterocycles. The van der Waals surface area contributed by atoms with Gasteiger partial charge in [0.05, 0.1) is 0 Å². The first kappa shape index (κ1) is 6.20. The highest BCUT2D eigenvalue weighted by atomic mass is 19.1. The van der Waals surface area contributed by atoms with E-state index in [0.29, 0.717) is 0 Å². The van der Waals surface area contributed by atoms with E-state index in [4.69, 9.17) is 0 Å². The Kier molecular flexibility index (Phi) is 1.78. The summed E-state index contributed by atoms with van der Waals surface area (Å²) >= 11 is 0. The number of aryl methyl sites for hydroxylation is 1. The van der Waals surface area contributed by atoms with Crippen molar-refractivity contribution < 1.29 is 4.39 Å². The van der Waals surface area contributed by atoms with Gasteiger partial charge in [-0.3, -0.25) is 4.98 Å². The van der Waals surface area contributed by atoms with E-state index in [-0.39, 0.29) is 5.82 Å². The predicted molar refractivity (Wildman–Crippen MR) is 32.4 cm³/mol. The number of hydrogen-bond donors (Lipinski definition) is 0. The number of rotatable bonds is 1. The molecule has 2 heteroatoms. The quantitative estimate of drug-likeness (QED) is 0.554. The van der Waals surface area contributed by atoms with Crippen molar-refractivity contribution >= 4 is 0 Å². The van der Waals surface area contributed by atoms with E-state index in [1.807, 2.05) is 6.92 Å². The molecule has 0 amide bonds. The molecule has 1 radical (unpaired) electrons. The van der Waals surface area contributed by atoms with E-state index in [1.54, 1.807) is 6.20 Å². The van der Waals surface area contributed by atoms with E-state index in [9.17, 15) is 4.39 Å². The van der Waals surface area contributed by atoms with Crippen molar-refractivity contribution in [3.05, 3.63) is 29.8 Å². The highest BCUT2D eigenvalue weighted by molar-refractivity contribution is 5.08. The molecule has 0 aliphatic carbocycles. The van der Waals surface area contributed by atoms with Crippen LogP contribution in [0.4, 0.5) is 4.39 Å². The number of nitrogens with zero attached hydrogens (tertiary/aromatic N) is 1. The smallest absolute Gasteiger partial charge is 0.151 e. The molecule has 47 valence electrons. The highest BCUT2D eigenvalue weighted by Crippen LogP contribution is 1.99. The summed E-state index contributed by atoms with van der Waals surface area (Å²) in [6, 6.07) is 1.44. The predicted octanol–water partition coefficient (Wildman–Crippen LogP) is 1.58. The summed E-state index contributed by atoms with van der Waals surface area (Å²) in [6.07, 6.45) is 4.62. The molecular formula is C7H7FN. The Balaban J connectivity index is 2.94. The van der Waals surface area contributed by atoms with E-state index in [0.717, 1.165) is 12.0 Å². The van der Waals surface area contributed by atoms with Crippen LogP contribution in [-0.2, 0) is 6.42 Å². The lowest BCUT2D eigenvalue weighted by molar-refractivity contribution is 0.616. The molecule has 0 saturated carbocycles. The summed E-state index contributed by atoms with van der Waals surface area (Å²) in [4.78, 5) is 3.56. The van der Waals surface area contributed by atoms with Crippen molar-refractivity contribution in [3.63, 3.8) is 0 Å². The molecule has 0 bridgehead atoms. The van der Waals surface area contributed by atoms with Crippen LogP contribution in [0.2, 0.25) is 0 Å². The minimum absolute atomic E-state index is 0.380. The van der Waals surface area contributed by atoms with Crippen molar-refractivity contribution in [2.24, 2.45) is 0 Å². The van der Waals surface area contributed by atoms with Gasteiger partial charge >= 0.3 is 0 Å². The summed E-state index contributed by atoms with van der Waals surface area (Å²) in [5.41, 5.74) is 0.909. The third-order valence-corrected chi connectivity index (χ3v) is 1.12. The third-order valence-electron chi connectivity index (χ3n) is 1.12. The van der Waals surface area contributed by atoms with Crippen LogP contribution in [0.15, 0.2) is 12.3 Å². The van der Waals surface area contributed by atoms with Gasteiger partial charge in [-0.2, -0.15) is 0 Å². The summed E-state index contributed by atoms with van der Waals surface area (Å²) < 4.78 is 12.2. The van der Waals surface area contributed by atoms with Crippen LogP contribution >= 0.6 is 0 Å². The number of pyridine rings is 1. The van der Waals surface area contributed by atoms with Crippen molar-refractivity contribution in [2.75, 3.05) is 0 Å². The maximum atomic E-state index is 12.2. The normalized spacial score (nSPS) is 9.56. The van der Waals surface area contributed by atoms with E-state index < -0.39 is 0 Å². The van der Waals surface area contributed by atoms with Gasteiger partial charge < -0.3 is 0 Å². The second-order valence-electron chi connectivity index (χ2n) is 1.79. The molecule has 0 aliphatic heterocycles. The zero-order valence-electron chi connectivity index (χ0n) is 5.19. The van der Waals surface area contributed by atoms with Crippen LogP contribution in [-0.4, -0.2) is 4.98 Å². The van der Waals surface area contributed by atoms with Crippen LogP contribution in [0.3, 0.4) is 0 Å². The summed E-state index contributed by atoms with van der Waals surface area (Å²) in [5, 5.41) is 0. The van der Waals surface area contributed by atoms with Gasteiger partial charge in [-0.05, 0) is 18.1 Å². The fourth-order valence-corrected chi connectivity index (χ4v) is 0.603. The van der Waals surface area contributed by atoms with Crippen LogP contribution in [0.5, 0.6) is 0 Å². The van der Waals surface area contributed by atoms with Gasteiger partial charge in [0.15, 0.2) is 5.82 Å². The second-order valence-corrected chi connectivity index (χ2v) is 1.79. The van der Waals surface area contributed by atoms with Crippen LogP contribution in [0.1, 0.15) is 12.5 Å². The average molecular weight is 124 g/mol. The van der Waals surface area contributed by atoms with Crippen LogP contribution < -0.4 is 0 Å². The molecule has 0 saturated heterocycles. The molecule has 0 atom stereocenters. The Bertz CT molecular complexity index is 198. The lowest BCUT2D eigenvalue weighted by Gasteiger charge is -1.91. The van der Waals surface area contributed by atoms with Gasteiger partial charge in [-0.15, -0.1) is 0 Å². The summed E-state index contributed by atoms with van der Waals surface area (Å²) in [5.74, 6) is -0.380. The highest BCUT2D eigenvalue weighted by Gasteiger charge is 1.91. The Hall–Kier alpha value is -0.920. The lowest BCUT2D eigenvalue weighted by atomic mass is 10.2. The molecule has 0 fully saturated rings. The molecule has 1 rings (SSSR count). The lowest BCUT2D eigenvalue weighted by Crippen LogP contribution is -1.84. The SMILES string of the molecule is CCc1cn[c]c(F)c1. The van der Waals surface area contributed by atoms with Gasteiger partial charge in [-0.25, -0.2) is 4.39 Å². The Morgan fingerprint density at radius 1 is 1.78 bits per heavy atom. The Morgan fingerprint density at radius 3 is 3.00 bits per heavy atom. The third kappa shape index (κ3) is 1.49. The molecule has 1 nitrogen and oxygen atoms in total. The van der Waals surface area contributed by atoms with Crippen LogP contribution in [0.25, 0.3) is 0 Å². The monoisotopic (exact) mass is 124 g/mol. The zero-order chi connectivity index (χ0) is 6.69. The molecule has 1 aromatic rings. The fourth-order valence-electron chi connectivity index (χ4n) is 0.603. The summed E-state index contributed by atoms with van der Waals surface area (Å²) in [7, 11) is 0. The molecule has 0 unspecified atom stereocenters. The maximum absolute atomic E-state index is 12.2. The molecule has 0 N–H and O–H groups in total. The molecule has 0 aliphatic rings. The summed E-state index contributed by atoms with van der Waals surface area (Å²) in [6.45, 7) is 1.95. The first-order chi connectivity index (χ1) is 4.33. The molecule has 0 spiro atoms. The first-order valence-corrected chi connectivity index (χ1v) is 2.85. The van der Waals surface area contributed by atoms with Gasteiger partial charge in [0.25, 0.3) is 0 Å². The van der Waals surface area contributed by atoms with Crippen molar-refractivity contribution in [3.8, 4) is 0 Å². The van der Waals surface area contributed by atoms with Crippen molar-refractivity contribution in [1.82, 2.24) is 4.98 Å². The number of halogens is 1. The van der Waals surface area contributed by atoms with Gasteiger partial charge in [-0.1, -0.05) is 6.92 Å². The molecule has 1 aromatic heterocycles. The maximum Gasteiger partial charge on any atom is 0.151 e. The molecular weight excluding hydrogens is 117 g/mol. The van der Waals surface area contributed by atoms with Crippen molar-refractivity contribution in [2.45, 2.75) is 13.3 Å². The van der Waals surface area contributed by atoms with E-state index in [1.165, 1.54) is 6.07 Å². The molecule has 0 aromatic carbocycles.